The lowest BCUT2D eigenvalue weighted by atomic mass is 9.86. The van der Waals surface area contributed by atoms with E-state index in [2.05, 4.69) is 67.2 Å². The second-order valence-electron chi connectivity index (χ2n) is 9.85. The van der Waals surface area contributed by atoms with Gasteiger partial charge in [-0.3, -0.25) is 9.59 Å². The average Bonchev–Trinajstić information content (AvgIpc) is 2.86. The van der Waals surface area contributed by atoms with Gasteiger partial charge in [-0.05, 0) is 47.1 Å². The molecule has 7 heteroatoms. The number of aromatic nitrogens is 2. The topological polar surface area (TPSA) is 101 Å². The van der Waals surface area contributed by atoms with Gasteiger partial charge in [-0.2, -0.15) is 0 Å². The number of carboxylic acid groups (broad SMARTS) is 1. The summed E-state index contributed by atoms with van der Waals surface area (Å²) in [5.74, 6) is -1.25. The van der Waals surface area contributed by atoms with Crippen LogP contribution in [0.4, 0.5) is 0 Å². The maximum Gasteiger partial charge on any atom is 0.316 e. The molecular formula is C29H35N3O4. The number of benzene rings is 2. The number of ether oxygens (including phenoxy) is 1. The Labute approximate surface area is 213 Å². The van der Waals surface area contributed by atoms with Crippen LogP contribution < -0.4 is 10.1 Å². The van der Waals surface area contributed by atoms with Crippen molar-refractivity contribution in [3.05, 3.63) is 77.6 Å². The van der Waals surface area contributed by atoms with E-state index in [0.717, 1.165) is 36.0 Å². The minimum atomic E-state index is -0.949. The van der Waals surface area contributed by atoms with Crippen LogP contribution in [0.3, 0.4) is 0 Å². The Hall–Kier alpha value is -3.74. The fourth-order valence-corrected chi connectivity index (χ4v) is 3.73. The zero-order valence-electron chi connectivity index (χ0n) is 21.5. The Morgan fingerprint density at radius 1 is 0.972 bits per heavy atom. The van der Waals surface area contributed by atoms with Crippen molar-refractivity contribution in [3.8, 4) is 17.1 Å². The molecule has 36 heavy (non-hydrogen) atoms. The Morgan fingerprint density at radius 3 is 2.17 bits per heavy atom. The molecule has 0 spiro atoms. The molecule has 2 N–H and O–H groups in total. The summed E-state index contributed by atoms with van der Waals surface area (Å²) in [6.07, 6.45) is 5.98. The van der Waals surface area contributed by atoms with Crippen LogP contribution in [-0.2, 0) is 10.2 Å². The molecule has 3 aromatic rings. The van der Waals surface area contributed by atoms with E-state index in [0.29, 0.717) is 11.6 Å². The van der Waals surface area contributed by atoms with Crippen LogP contribution in [0.2, 0.25) is 0 Å². The predicted octanol–water partition coefficient (Wildman–Crippen LogP) is 5.96. The van der Waals surface area contributed by atoms with Gasteiger partial charge in [0.25, 0.3) is 5.91 Å². The summed E-state index contributed by atoms with van der Waals surface area (Å²) in [4.78, 5) is 31.8. The molecule has 0 fully saturated rings. The second kappa shape index (κ2) is 12.3. The highest BCUT2D eigenvalue weighted by Gasteiger charge is 2.17. The molecule has 0 aliphatic rings. The number of carbonyl (C=O) groups excluding carboxylic acids is 1. The predicted molar refractivity (Wildman–Crippen MR) is 140 cm³/mol. The van der Waals surface area contributed by atoms with Crippen molar-refractivity contribution >= 4 is 11.9 Å². The van der Waals surface area contributed by atoms with Gasteiger partial charge >= 0.3 is 12.0 Å². The second-order valence-corrected chi connectivity index (χ2v) is 9.85. The number of hydrogen-bond donors (Lipinski definition) is 2. The van der Waals surface area contributed by atoms with Crippen LogP contribution in [-0.4, -0.2) is 33.5 Å². The van der Waals surface area contributed by atoms with E-state index in [1.807, 2.05) is 12.1 Å². The van der Waals surface area contributed by atoms with Gasteiger partial charge in [0.15, 0.2) is 0 Å². The summed E-state index contributed by atoms with van der Waals surface area (Å²) in [6, 6.07) is 15.9. The van der Waals surface area contributed by atoms with Crippen molar-refractivity contribution in [2.24, 2.45) is 0 Å². The molecule has 2 aromatic carbocycles. The lowest BCUT2D eigenvalue weighted by Crippen LogP contribution is -2.26. The zero-order valence-corrected chi connectivity index (χ0v) is 21.5. The van der Waals surface area contributed by atoms with E-state index < -0.39 is 5.97 Å². The highest BCUT2D eigenvalue weighted by atomic mass is 16.5. The molecule has 1 amide bonds. The third-order valence-corrected chi connectivity index (χ3v) is 5.95. The number of aliphatic carboxylic acids is 1. The Kier molecular flexibility index (Phi) is 9.17. The van der Waals surface area contributed by atoms with Crippen molar-refractivity contribution in [2.75, 3.05) is 6.54 Å². The molecule has 0 aliphatic heterocycles. The molecule has 1 aromatic heterocycles. The Balaban J connectivity index is 1.69. The zero-order chi connectivity index (χ0) is 26.1. The van der Waals surface area contributed by atoms with E-state index >= 15 is 0 Å². The number of hydrogen-bond acceptors (Lipinski definition) is 5. The van der Waals surface area contributed by atoms with Gasteiger partial charge in [-0.25, -0.2) is 9.97 Å². The smallest absolute Gasteiger partial charge is 0.316 e. The number of unbranched alkanes of at least 4 members (excludes halogenated alkanes) is 1. The number of carbonyl (C=O) groups is 2. The first-order valence-corrected chi connectivity index (χ1v) is 12.4. The van der Waals surface area contributed by atoms with Crippen molar-refractivity contribution in [3.63, 3.8) is 0 Å². The van der Waals surface area contributed by atoms with Gasteiger partial charge in [0.2, 0.25) is 0 Å². The summed E-state index contributed by atoms with van der Waals surface area (Å²) in [5, 5.41) is 11.3. The van der Waals surface area contributed by atoms with E-state index in [-0.39, 0.29) is 30.4 Å². The highest BCUT2D eigenvalue weighted by molar-refractivity contribution is 5.94. The standard InChI is InChI=1S/C29H35N3O4/c1-5-6-7-25(21-8-10-22(11-9-21)27(35)30-17-16-26(33)34)36-28-31-18-23(19-32-28)20-12-14-24(15-13-20)29(2,3)4/h8-15,18-19,25H,5-7,16-17H2,1-4H3,(H,30,35)(H,33,34)/t25-/m1/s1. The first kappa shape index (κ1) is 26.9. The van der Waals surface area contributed by atoms with Gasteiger partial charge < -0.3 is 15.2 Å². The van der Waals surface area contributed by atoms with Crippen LogP contribution in [0.1, 0.15) is 81.0 Å². The van der Waals surface area contributed by atoms with Crippen LogP contribution >= 0.6 is 0 Å². The Bertz CT molecular complexity index is 1140. The maximum absolute atomic E-state index is 12.2. The third-order valence-electron chi connectivity index (χ3n) is 5.95. The fourth-order valence-electron chi connectivity index (χ4n) is 3.73. The number of amides is 1. The number of carboxylic acids is 1. The van der Waals surface area contributed by atoms with Crippen molar-refractivity contribution in [1.29, 1.82) is 0 Å². The molecule has 0 saturated heterocycles. The summed E-state index contributed by atoms with van der Waals surface area (Å²) < 4.78 is 6.16. The minimum absolute atomic E-state index is 0.0895. The van der Waals surface area contributed by atoms with Crippen LogP contribution in [0, 0.1) is 0 Å². The maximum atomic E-state index is 12.2. The molecule has 0 unspecified atom stereocenters. The van der Waals surface area contributed by atoms with Gasteiger partial charge in [-0.1, -0.05) is 70.5 Å². The van der Waals surface area contributed by atoms with Gasteiger partial charge in [0.05, 0.1) is 6.42 Å². The Morgan fingerprint density at radius 2 is 1.61 bits per heavy atom. The minimum Gasteiger partial charge on any atom is -0.481 e. The number of nitrogens with zero attached hydrogens (tertiary/aromatic N) is 2. The molecule has 0 bridgehead atoms. The fraction of sp³-hybridized carbons (Fsp3) is 0.379. The molecule has 0 aliphatic carbocycles. The number of rotatable bonds is 11. The molecule has 1 atom stereocenters. The van der Waals surface area contributed by atoms with E-state index in [1.165, 1.54) is 5.56 Å². The lowest BCUT2D eigenvalue weighted by molar-refractivity contribution is -0.136. The van der Waals surface area contributed by atoms with E-state index in [9.17, 15) is 9.59 Å². The first-order chi connectivity index (χ1) is 17.2. The van der Waals surface area contributed by atoms with E-state index in [1.54, 1.807) is 24.5 Å². The van der Waals surface area contributed by atoms with Gasteiger partial charge in [-0.15, -0.1) is 0 Å². The first-order valence-electron chi connectivity index (χ1n) is 12.4. The van der Waals surface area contributed by atoms with Crippen LogP contribution in [0.25, 0.3) is 11.1 Å². The third kappa shape index (κ3) is 7.63. The molecule has 0 saturated carbocycles. The number of nitrogens with one attached hydrogen (secondary N) is 1. The molecule has 190 valence electrons. The molecule has 3 rings (SSSR count). The quantitative estimate of drug-likeness (QED) is 0.345. The SMILES string of the molecule is CCCC[C@@H](Oc1ncc(-c2ccc(C(C)(C)C)cc2)cn1)c1ccc(C(=O)NCCC(=O)O)cc1. The summed E-state index contributed by atoms with van der Waals surface area (Å²) in [6.45, 7) is 8.79. The summed E-state index contributed by atoms with van der Waals surface area (Å²) in [5.41, 5.74) is 4.74. The van der Waals surface area contributed by atoms with Gasteiger partial charge in [0.1, 0.15) is 6.10 Å². The van der Waals surface area contributed by atoms with Crippen molar-refractivity contribution in [2.45, 2.75) is 64.9 Å². The molecular weight excluding hydrogens is 454 g/mol. The lowest BCUT2D eigenvalue weighted by Gasteiger charge is -2.19. The largest absolute Gasteiger partial charge is 0.481 e. The molecule has 7 nitrogen and oxygen atoms in total. The van der Waals surface area contributed by atoms with E-state index in [4.69, 9.17) is 9.84 Å². The van der Waals surface area contributed by atoms with Crippen molar-refractivity contribution in [1.82, 2.24) is 15.3 Å². The van der Waals surface area contributed by atoms with Crippen molar-refractivity contribution < 1.29 is 19.4 Å². The summed E-state index contributed by atoms with van der Waals surface area (Å²) in [7, 11) is 0. The molecule has 1 heterocycles. The average molecular weight is 490 g/mol. The van der Waals surface area contributed by atoms with Crippen LogP contribution in [0.15, 0.2) is 60.9 Å². The highest BCUT2D eigenvalue weighted by Crippen LogP contribution is 2.28. The molecule has 0 radical (unpaired) electrons. The van der Waals surface area contributed by atoms with Crippen LogP contribution in [0.5, 0.6) is 6.01 Å². The monoisotopic (exact) mass is 489 g/mol. The summed E-state index contributed by atoms with van der Waals surface area (Å²) >= 11 is 0. The van der Waals surface area contributed by atoms with Gasteiger partial charge in [0, 0.05) is 30.1 Å². The normalized spacial score (nSPS) is 12.1.